The summed E-state index contributed by atoms with van der Waals surface area (Å²) in [6.07, 6.45) is 1.70. The molecule has 162 valence electrons. The van der Waals surface area contributed by atoms with Gasteiger partial charge in [-0.25, -0.2) is 9.79 Å². The van der Waals surface area contributed by atoms with Crippen LogP contribution in [0.15, 0.2) is 77.4 Å². The number of carbonyl (C=O) groups is 1. The zero-order chi connectivity index (χ0) is 22.5. The highest BCUT2D eigenvalue weighted by Gasteiger charge is 2.24. The molecule has 32 heavy (non-hydrogen) atoms. The second-order valence-corrected chi connectivity index (χ2v) is 8.40. The highest BCUT2D eigenvalue weighted by atomic mass is 127. The molecule has 0 aromatic heterocycles. The molecule has 0 radical (unpaired) electrons. The van der Waals surface area contributed by atoms with Crippen LogP contribution in [-0.2, 0) is 16.1 Å². The van der Waals surface area contributed by atoms with Crippen LogP contribution in [0.25, 0.3) is 6.08 Å². The Bertz CT molecular complexity index is 1200. The van der Waals surface area contributed by atoms with Gasteiger partial charge >= 0.3 is 5.97 Å². The molecule has 4 rings (SSSR count). The molecule has 6 heteroatoms. The maximum absolute atomic E-state index is 12.3. The van der Waals surface area contributed by atoms with Gasteiger partial charge in [-0.2, -0.15) is 0 Å². The molecule has 0 fully saturated rings. The van der Waals surface area contributed by atoms with Crippen LogP contribution < -0.4 is 9.47 Å². The smallest absolute Gasteiger partial charge is 0.363 e. The number of rotatable bonds is 7. The van der Waals surface area contributed by atoms with Gasteiger partial charge in [0.1, 0.15) is 6.61 Å². The average Bonchev–Trinajstić information content (AvgIpc) is 3.14. The van der Waals surface area contributed by atoms with Crippen LogP contribution in [0.2, 0.25) is 0 Å². The predicted octanol–water partition coefficient (Wildman–Crippen LogP) is 5.92. The van der Waals surface area contributed by atoms with Crippen LogP contribution in [0.4, 0.5) is 0 Å². The van der Waals surface area contributed by atoms with Crippen LogP contribution in [-0.4, -0.2) is 18.5 Å². The van der Waals surface area contributed by atoms with Crippen molar-refractivity contribution >= 4 is 40.5 Å². The summed E-state index contributed by atoms with van der Waals surface area (Å²) >= 11 is 2.22. The van der Waals surface area contributed by atoms with E-state index >= 15 is 0 Å². The molecule has 1 aliphatic rings. The number of hydrogen-bond donors (Lipinski definition) is 0. The fourth-order valence-corrected chi connectivity index (χ4v) is 4.08. The third-order valence-electron chi connectivity index (χ3n) is 4.74. The molecule has 0 spiro atoms. The lowest BCUT2D eigenvalue weighted by Gasteiger charge is -2.15. The number of aryl methyl sites for hydroxylation is 1. The summed E-state index contributed by atoms with van der Waals surface area (Å²) in [6, 6.07) is 21.3. The van der Waals surface area contributed by atoms with E-state index in [0.717, 1.165) is 20.3 Å². The van der Waals surface area contributed by atoms with Gasteiger partial charge in [-0.3, -0.25) is 0 Å². The van der Waals surface area contributed by atoms with Crippen molar-refractivity contribution in [2.45, 2.75) is 20.5 Å². The molecule has 0 atom stereocenters. The fourth-order valence-electron chi connectivity index (χ4n) is 3.30. The number of aliphatic imine (C=N–C) groups is 1. The number of cyclic esters (lactones) is 1. The van der Waals surface area contributed by atoms with Crippen molar-refractivity contribution in [1.29, 1.82) is 0 Å². The van der Waals surface area contributed by atoms with Crippen molar-refractivity contribution in [3.05, 3.63) is 98.3 Å². The number of ether oxygens (including phenoxy) is 3. The normalized spacial score (nSPS) is 14.3. The number of benzene rings is 3. The van der Waals surface area contributed by atoms with E-state index in [1.807, 2.05) is 61.5 Å². The molecule has 0 N–H and O–H groups in total. The highest BCUT2D eigenvalue weighted by Crippen LogP contribution is 2.36. The van der Waals surface area contributed by atoms with Gasteiger partial charge in [0.2, 0.25) is 5.90 Å². The topological polar surface area (TPSA) is 57.1 Å². The van der Waals surface area contributed by atoms with Crippen LogP contribution in [0.5, 0.6) is 11.5 Å². The average molecular weight is 539 g/mol. The molecule has 0 saturated carbocycles. The van der Waals surface area contributed by atoms with Crippen molar-refractivity contribution < 1.29 is 19.0 Å². The first kappa shape index (κ1) is 22.1. The zero-order valence-electron chi connectivity index (χ0n) is 17.8. The Hall–Kier alpha value is -3.13. The van der Waals surface area contributed by atoms with Crippen LogP contribution in [0.3, 0.4) is 0 Å². The summed E-state index contributed by atoms with van der Waals surface area (Å²) in [6.45, 7) is 4.92. The summed E-state index contributed by atoms with van der Waals surface area (Å²) in [5.41, 5.74) is 4.06. The summed E-state index contributed by atoms with van der Waals surface area (Å²) in [7, 11) is 0. The number of carbonyl (C=O) groups excluding carboxylic acids is 1. The summed E-state index contributed by atoms with van der Waals surface area (Å²) in [5, 5.41) is 0. The van der Waals surface area contributed by atoms with Crippen molar-refractivity contribution in [2.75, 3.05) is 6.61 Å². The van der Waals surface area contributed by atoms with Gasteiger partial charge in [0.15, 0.2) is 17.2 Å². The molecule has 0 bridgehead atoms. The summed E-state index contributed by atoms with van der Waals surface area (Å²) in [5.74, 6) is 1.13. The standard InChI is InChI=1S/C26H22INO4/c1-3-30-23-15-19(13-21(27)24(23)31-16-18-9-7-8-17(2)12-18)14-22-26(29)32-25(28-22)20-10-5-4-6-11-20/h4-15H,3,16H2,1-2H3. The molecular weight excluding hydrogens is 517 g/mol. The van der Waals surface area contributed by atoms with Gasteiger partial charge in [0.25, 0.3) is 0 Å². The van der Waals surface area contributed by atoms with E-state index in [1.54, 1.807) is 6.08 Å². The molecular formula is C26H22INO4. The first-order valence-corrected chi connectivity index (χ1v) is 11.3. The van der Waals surface area contributed by atoms with E-state index in [1.165, 1.54) is 5.56 Å². The van der Waals surface area contributed by atoms with Gasteiger partial charge in [0, 0.05) is 5.56 Å². The Labute approximate surface area is 200 Å². The number of hydrogen-bond acceptors (Lipinski definition) is 5. The van der Waals surface area contributed by atoms with Crippen LogP contribution in [0, 0.1) is 10.5 Å². The number of nitrogens with zero attached hydrogens (tertiary/aromatic N) is 1. The van der Waals surface area contributed by atoms with Crippen molar-refractivity contribution in [2.24, 2.45) is 4.99 Å². The first-order valence-electron chi connectivity index (χ1n) is 10.3. The molecule has 5 nitrogen and oxygen atoms in total. The van der Waals surface area contributed by atoms with E-state index in [4.69, 9.17) is 14.2 Å². The lowest BCUT2D eigenvalue weighted by Crippen LogP contribution is -2.05. The second kappa shape index (κ2) is 9.99. The van der Waals surface area contributed by atoms with Gasteiger partial charge < -0.3 is 14.2 Å². The molecule has 0 unspecified atom stereocenters. The molecule has 1 aliphatic heterocycles. The van der Waals surface area contributed by atoms with E-state index in [-0.39, 0.29) is 5.70 Å². The van der Waals surface area contributed by atoms with Crippen molar-refractivity contribution in [1.82, 2.24) is 0 Å². The molecule has 0 aliphatic carbocycles. The number of esters is 1. The third kappa shape index (κ3) is 5.19. The van der Waals surface area contributed by atoms with Gasteiger partial charge in [-0.1, -0.05) is 48.0 Å². The monoisotopic (exact) mass is 539 g/mol. The van der Waals surface area contributed by atoms with Gasteiger partial charge in [0.05, 0.1) is 10.2 Å². The lowest BCUT2D eigenvalue weighted by molar-refractivity contribution is -0.129. The summed E-state index contributed by atoms with van der Waals surface area (Å²) in [4.78, 5) is 16.7. The van der Waals surface area contributed by atoms with Crippen molar-refractivity contribution in [3.63, 3.8) is 0 Å². The maximum Gasteiger partial charge on any atom is 0.363 e. The Morgan fingerprint density at radius 3 is 2.59 bits per heavy atom. The van der Waals surface area contributed by atoms with Gasteiger partial charge in [-0.05, 0) is 77.9 Å². The molecule has 3 aromatic carbocycles. The molecule has 1 heterocycles. The highest BCUT2D eigenvalue weighted by molar-refractivity contribution is 14.1. The summed E-state index contributed by atoms with van der Waals surface area (Å²) < 4.78 is 18.2. The van der Waals surface area contributed by atoms with E-state index in [2.05, 4.69) is 46.6 Å². The Balaban J connectivity index is 1.61. The van der Waals surface area contributed by atoms with Crippen molar-refractivity contribution in [3.8, 4) is 11.5 Å². The zero-order valence-corrected chi connectivity index (χ0v) is 20.0. The second-order valence-electron chi connectivity index (χ2n) is 7.24. The van der Waals surface area contributed by atoms with E-state index < -0.39 is 5.97 Å². The number of halogens is 1. The molecule has 0 saturated heterocycles. The first-order chi connectivity index (χ1) is 15.5. The van der Waals surface area contributed by atoms with E-state index in [9.17, 15) is 4.79 Å². The minimum atomic E-state index is -0.475. The Kier molecular flexibility index (Phi) is 6.90. The largest absolute Gasteiger partial charge is 0.490 e. The van der Waals surface area contributed by atoms with E-state index in [0.29, 0.717) is 30.6 Å². The lowest BCUT2D eigenvalue weighted by atomic mass is 10.1. The minimum absolute atomic E-state index is 0.246. The third-order valence-corrected chi connectivity index (χ3v) is 5.54. The maximum atomic E-state index is 12.3. The minimum Gasteiger partial charge on any atom is -0.490 e. The predicted molar refractivity (Wildman–Crippen MR) is 133 cm³/mol. The van der Waals surface area contributed by atoms with Crippen LogP contribution >= 0.6 is 22.6 Å². The fraction of sp³-hybridized carbons (Fsp3) is 0.154. The van der Waals surface area contributed by atoms with Gasteiger partial charge in [-0.15, -0.1) is 0 Å². The Morgan fingerprint density at radius 1 is 1.03 bits per heavy atom. The Morgan fingerprint density at radius 2 is 1.84 bits per heavy atom. The SMILES string of the molecule is CCOc1cc(C=C2N=C(c3ccccc3)OC2=O)cc(I)c1OCc1cccc(C)c1. The quantitative estimate of drug-likeness (QED) is 0.213. The molecule has 0 amide bonds. The molecule has 3 aromatic rings. The van der Waals surface area contributed by atoms with Crippen LogP contribution in [0.1, 0.15) is 29.2 Å².